The van der Waals surface area contributed by atoms with Gasteiger partial charge in [-0.25, -0.2) is 0 Å². The number of nitrogens with one attached hydrogen (secondary N) is 1. The highest BCUT2D eigenvalue weighted by atomic mass is 32.2. The zero-order valence-electron chi connectivity index (χ0n) is 9.44. The molecule has 0 aromatic heterocycles. The second-order valence-electron chi connectivity index (χ2n) is 4.22. The lowest BCUT2D eigenvalue weighted by atomic mass is 10.1. The molecule has 2 atom stereocenters. The molecule has 0 radical (unpaired) electrons. The Hall–Kier alpha value is -0.170. The fourth-order valence-corrected chi connectivity index (χ4v) is 3.49. The molecule has 1 aliphatic rings. The second kappa shape index (κ2) is 5.25. The molecule has 0 aliphatic carbocycles. The fourth-order valence-electron chi connectivity index (χ4n) is 1.80. The summed E-state index contributed by atoms with van der Waals surface area (Å²) in [7, 11) is -3.34. The van der Waals surface area contributed by atoms with Crippen molar-refractivity contribution in [1.29, 1.82) is 0 Å². The summed E-state index contributed by atoms with van der Waals surface area (Å²) in [5.41, 5.74) is 5.40. The van der Waals surface area contributed by atoms with E-state index >= 15 is 0 Å². The highest BCUT2D eigenvalue weighted by Gasteiger charge is 2.29. The van der Waals surface area contributed by atoms with Crippen molar-refractivity contribution >= 4 is 10.2 Å². The Morgan fingerprint density at radius 2 is 2.20 bits per heavy atom. The molecule has 1 aliphatic heterocycles. The predicted octanol–water partition coefficient (Wildman–Crippen LogP) is 0.0424. The van der Waals surface area contributed by atoms with Crippen LogP contribution in [0.15, 0.2) is 0 Å². The van der Waals surface area contributed by atoms with Crippen molar-refractivity contribution in [1.82, 2.24) is 9.03 Å². The van der Waals surface area contributed by atoms with Crippen LogP contribution in [-0.2, 0) is 10.2 Å². The van der Waals surface area contributed by atoms with Gasteiger partial charge >= 0.3 is 0 Å². The Kier molecular flexibility index (Phi) is 4.51. The van der Waals surface area contributed by atoms with Crippen LogP contribution in [0, 0.1) is 0 Å². The fraction of sp³-hybridized carbons (Fsp3) is 1.00. The van der Waals surface area contributed by atoms with Crippen molar-refractivity contribution in [3.05, 3.63) is 0 Å². The Bertz CT molecular complexity index is 292. The standard InChI is InChI=1S/C9H21N3O2S/c1-8(7-10)11-15(13,14)12-6-4-3-5-9(12)2/h8-9,11H,3-7,10H2,1-2H3/t8-,9?/m1/s1. The number of nitrogens with zero attached hydrogens (tertiary/aromatic N) is 1. The van der Waals surface area contributed by atoms with Crippen molar-refractivity contribution in [2.45, 2.75) is 45.2 Å². The third-order valence-electron chi connectivity index (χ3n) is 2.75. The van der Waals surface area contributed by atoms with Gasteiger partial charge in [0.05, 0.1) is 0 Å². The first-order valence-electron chi connectivity index (χ1n) is 5.46. The molecular weight excluding hydrogens is 214 g/mol. The quantitative estimate of drug-likeness (QED) is 0.722. The molecule has 6 heteroatoms. The van der Waals surface area contributed by atoms with Gasteiger partial charge in [0.15, 0.2) is 0 Å². The van der Waals surface area contributed by atoms with E-state index in [0.717, 1.165) is 19.3 Å². The van der Waals surface area contributed by atoms with Gasteiger partial charge in [-0.1, -0.05) is 6.42 Å². The number of nitrogens with two attached hydrogens (primary N) is 1. The minimum absolute atomic E-state index is 0.0984. The smallest absolute Gasteiger partial charge is 0.279 e. The summed E-state index contributed by atoms with van der Waals surface area (Å²) in [6, 6.07) is -0.106. The first-order valence-corrected chi connectivity index (χ1v) is 6.90. The van der Waals surface area contributed by atoms with E-state index < -0.39 is 10.2 Å². The van der Waals surface area contributed by atoms with E-state index in [4.69, 9.17) is 5.73 Å². The number of piperidine rings is 1. The molecular formula is C9H21N3O2S. The van der Waals surface area contributed by atoms with Crippen LogP contribution in [0.25, 0.3) is 0 Å². The maximum Gasteiger partial charge on any atom is 0.279 e. The first-order chi connectivity index (χ1) is 6.97. The molecule has 0 saturated carbocycles. The minimum atomic E-state index is -3.34. The summed E-state index contributed by atoms with van der Waals surface area (Å²) in [6.07, 6.45) is 3.00. The summed E-state index contributed by atoms with van der Waals surface area (Å²) in [6.45, 7) is 4.66. The molecule has 1 unspecified atom stereocenters. The van der Waals surface area contributed by atoms with E-state index in [1.807, 2.05) is 6.92 Å². The van der Waals surface area contributed by atoms with Crippen LogP contribution >= 0.6 is 0 Å². The minimum Gasteiger partial charge on any atom is -0.329 e. The molecule has 3 N–H and O–H groups in total. The van der Waals surface area contributed by atoms with Crippen LogP contribution in [0.3, 0.4) is 0 Å². The molecule has 90 valence electrons. The zero-order chi connectivity index (χ0) is 11.5. The molecule has 15 heavy (non-hydrogen) atoms. The van der Waals surface area contributed by atoms with Gasteiger partial charge in [-0.2, -0.15) is 17.4 Å². The third kappa shape index (κ3) is 3.41. The van der Waals surface area contributed by atoms with E-state index in [-0.39, 0.29) is 12.1 Å². The number of hydrogen-bond acceptors (Lipinski definition) is 3. The summed E-state index contributed by atoms with van der Waals surface area (Å²) in [5.74, 6) is 0. The van der Waals surface area contributed by atoms with Crippen LogP contribution in [-0.4, -0.2) is 37.9 Å². The molecule has 1 heterocycles. The van der Waals surface area contributed by atoms with Gasteiger partial charge < -0.3 is 5.73 Å². The zero-order valence-corrected chi connectivity index (χ0v) is 10.3. The molecule has 5 nitrogen and oxygen atoms in total. The van der Waals surface area contributed by atoms with Crippen molar-refractivity contribution in [3.63, 3.8) is 0 Å². The Labute approximate surface area is 92.2 Å². The van der Waals surface area contributed by atoms with Crippen molar-refractivity contribution in [2.75, 3.05) is 13.1 Å². The van der Waals surface area contributed by atoms with E-state index in [9.17, 15) is 8.42 Å². The monoisotopic (exact) mass is 235 g/mol. The highest BCUT2D eigenvalue weighted by Crippen LogP contribution is 2.19. The highest BCUT2D eigenvalue weighted by molar-refractivity contribution is 7.87. The van der Waals surface area contributed by atoms with Gasteiger partial charge in [0.25, 0.3) is 10.2 Å². The van der Waals surface area contributed by atoms with Gasteiger partial charge in [-0.15, -0.1) is 0 Å². The van der Waals surface area contributed by atoms with E-state index in [2.05, 4.69) is 4.72 Å². The first kappa shape index (κ1) is 12.9. The molecule has 0 bridgehead atoms. The summed E-state index contributed by atoms with van der Waals surface area (Å²) >= 11 is 0. The van der Waals surface area contributed by atoms with Gasteiger partial charge in [0.2, 0.25) is 0 Å². The third-order valence-corrected chi connectivity index (χ3v) is 4.61. The van der Waals surface area contributed by atoms with Gasteiger partial charge in [-0.05, 0) is 26.7 Å². The second-order valence-corrected chi connectivity index (χ2v) is 5.87. The molecule has 0 aromatic carbocycles. The van der Waals surface area contributed by atoms with Crippen LogP contribution in [0.5, 0.6) is 0 Å². The van der Waals surface area contributed by atoms with Crippen LogP contribution in [0.4, 0.5) is 0 Å². The average molecular weight is 235 g/mol. The number of rotatable bonds is 4. The van der Waals surface area contributed by atoms with Crippen molar-refractivity contribution in [3.8, 4) is 0 Å². The summed E-state index contributed by atoms with van der Waals surface area (Å²) in [4.78, 5) is 0. The van der Waals surface area contributed by atoms with E-state index in [1.54, 1.807) is 11.2 Å². The predicted molar refractivity (Wildman–Crippen MR) is 60.6 cm³/mol. The lowest BCUT2D eigenvalue weighted by molar-refractivity contribution is 0.264. The van der Waals surface area contributed by atoms with Crippen molar-refractivity contribution in [2.24, 2.45) is 5.73 Å². The maximum atomic E-state index is 11.9. The normalized spacial score (nSPS) is 26.5. The molecule has 1 fully saturated rings. The van der Waals surface area contributed by atoms with Gasteiger partial charge in [0.1, 0.15) is 0 Å². The van der Waals surface area contributed by atoms with E-state index in [0.29, 0.717) is 13.1 Å². The Morgan fingerprint density at radius 1 is 1.53 bits per heavy atom. The van der Waals surface area contributed by atoms with Crippen LogP contribution in [0.2, 0.25) is 0 Å². The van der Waals surface area contributed by atoms with Gasteiger partial charge in [-0.3, -0.25) is 0 Å². The molecule has 0 spiro atoms. The SMILES string of the molecule is CC1CCCCN1S(=O)(=O)N[C@H](C)CN. The average Bonchev–Trinajstić information content (AvgIpc) is 2.17. The molecule has 1 rings (SSSR count). The van der Waals surface area contributed by atoms with Crippen LogP contribution < -0.4 is 10.5 Å². The molecule has 1 saturated heterocycles. The van der Waals surface area contributed by atoms with E-state index in [1.165, 1.54) is 0 Å². The molecule has 0 amide bonds. The number of hydrogen-bond donors (Lipinski definition) is 2. The Balaban J connectivity index is 2.67. The van der Waals surface area contributed by atoms with Gasteiger partial charge in [0, 0.05) is 25.2 Å². The largest absolute Gasteiger partial charge is 0.329 e. The summed E-state index contributed by atoms with van der Waals surface area (Å²) < 4.78 is 28.0. The summed E-state index contributed by atoms with van der Waals surface area (Å²) in [5, 5.41) is 0. The van der Waals surface area contributed by atoms with Crippen LogP contribution in [0.1, 0.15) is 33.1 Å². The topological polar surface area (TPSA) is 75.4 Å². The Morgan fingerprint density at radius 3 is 2.73 bits per heavy atom. The van der Waals surface area contributed by atoms with Crippen molar-refractivity contribution < 1.29 is 8.42 Å². The lowest BCUT2D eigenvalue weighted by Crippen LogP contribution is -2.51. The maximum absolute atomic E-state index is 11.9. The molecule has 0 aromatic rings. The lowest BCUT2D eigenvalue weighted by Gasteiger charge is -2.33.